The van der Waals surface area contributed by atoms with Crippen molar-refractivity contribution in [1.82, 2.24) is 15.2 Å². The topological polar surface area (TPSA) is 57.4 Å². The minimum absolute atomic E-state index is 0.154. The predicted molar refractivity (Wildman–Crippen MR) is 69.3 cm³/mol. The van der Waals surface area contributed by atoms with Crippen molar-refractivity contribution in [2.75, 3.05) is 19.6 Å². The second-order valence-corrected chi connectivity index (χ2v) is 5.56. The van der Waals surface area contributed by atoms with E-state index in [-0.39, 0.29) is 12.1 Å². The molecule has 1 aromatic rings. The van der Waals surface area contributed by atoms with Gasteiger partial charge in [-0.2, -0.15) is 0 Å². The number of amides is 1. The van der Waals surface area contributed by atoms with Crippen LogP contribution in [0.3, 0.4) is 0 Å². The number of nitrogens with zero attached hydrogens (tertiary/aromatic N) is 1. The van der Waals surface area contributed by atoms with Gasteiger partial charge in [0.1, 0.15) is 5.60 Å². The van der Waals surface area contributed by atoms with Crippen molar-refractivity contribution in [2.45, 2.75) is 32.4 Å². The minimum atomic E-state index is -0.441. The van der Waals surface area contributed by atoms with Crippen LogP contribution in [0, 0.1) is 0 Å². The number of aromatic nitrogens is 1. The zero-order valence-corrected chi connectivity index (χ0v) is 11.2. The normalized spacial score (nSPS) is 20.8. The molecule has 1 amide bonds. The molecule has 0 aromatic carbocycles. The first kappa shape index (κ1) is 13.0. The summed E-state index contributed by atoms with van der Waals surface area (Å²) in [6, 6.07) is 4.14. The molecule has 2 heterocycles. The average molecular weight is 251 g/mol. The highest BCUT2D eigenvalue weighted by Crippen LogP contribution is 2.17. The lowest BCUT2D eigenvalue weighted by molar-refractivity contribution is 0.0194. The molecule has 5 nitrogen and oxygen atoms in total. The van der Waals surface area contributed by atoms with Crippen molar-refractivity contribution in [3.8, 4) is 0 Å². The maximum Gasteiger partial charge on any atom is 0.410 e. The summed E-state index contributed by atoms with van der Waals surface area (Å²) >= 11 is 0. The molecule has 1 unspecified atom stereocenters. The summed E-state index contributed by atoms with van der Waals surface area (Å²) in [4.78, 5) is 16.9. The van der Waals surface area contributed by atoms with Crippen LogP contribution in [0.25, 0.3) is 0 Å². The molecule has 1 aliphatic rings. The molecule has 0 spiro atoms. The quantitative estimate of drug-likeness (QED) is 0.801. The third-order valence-corrected chi connectivity index (χ3v) is 2.82. The van der Waals surface area contributed by atoms with E-state index in [0.29, 0.717) is 13.1 Å². The maximum atomic E-state index is 12.0. The summed E-state index contributed by atoms with van der Waals surface area (Å²) in [7, 11) is 0. The number of nitrogens with one attached hydrogen (secondary N) is 2. The number of carbonyl (C=O) groups excluding carboxylic acids is 1. The lowest BCUT2D eigenvalue weighted by Crippen LogP contribution is -2.49. The summed E-state index contributed by atoms with van der Waals surface area (Å²) < 4.78 is 5.39. The first-order valence-corrected chi connectivity index (χ1v) is 6.30. The largest absolute Gasteiger partial charge is 0.444 e. The van der Waals surface area contributed by atoms with Gasteiger partial charge in [-0.25, -0.2) is 4.79 Å². The number of ether oxygens (including phenoxy) is 1. The molecule has 1 saturated heterocycles. The van der Waals surface area contributed by atoms with Gasteiger partial charge in [0.05, 0.1) is 6.04 Å². The highest BCUT2D eigenvalue weighted by molar-refractivity contribution is 5.68. The van der Waals surface area contributed by atoms with Gasteiger partial charge in [0, 0.05) is 31.5 Å². The molecule has 1 aromatic heterocycles. The van der Waals surface area contributed by atoms with Crippen LogP contribution in [0.15, 0.2) is 18.3 Å². The number of hydrogen-bond donors (Lipinski definition) is 2. The fourth-order valence-electron chi connectivity index (χ4n) is 2.01. The molecule has 1 atom stereocenters. The first-order chi connectivity index (χ1) is 8.46. The number of piperazine rings is 1. The first-order valence-electron chi connectivity index (χ1n) is 6.30. The third-order valence-electron chi connectivity index (χ3n) is 2.82. The fraction of sp³-hybridized carbons (Fsp3) is 0.615. The molecule has 2 rings (SSSR count). The van der Waals surface area contributed by atoms with Crippen molar-refractivity contribution >= 4 is 6.09 Å². The summed E-state index contributed by atoms with van der Waals surface area (Å²) in [5.41, 5.74) is 0.660. The van der Waals surface area contributed by atoms with E-state index in [1.165, 1.54) is 0 Å². The minimum Gasteiger partial charge on any atom is -0.444 e. The van der Waals surface area contributed by atoms with Crippen LogP contribution in [-0.2, 0) is 4.74 Å². The van der Waals surface area contributed by atoms with Crippen molar-refractivity contribution in [3.05, 3.63) is 24.0 Å². The second-order valence-electron chi connectivity index (χ2n) is 5.56. The smallest absolute Gasteiger partial charge is 0.410 e. The van der Waals surface area contributed by atoms with E-state index in [4.69, 9.17) is 4.74 Å². The van der Waals surface area contributed by atoms with Gasteiger partial charge in [0.2, 0.25) is 0 Å². The van der Waals surface area contributed by atoms with Gasteiger partial charge in [-0.05, 0) is 32.9 Å². The van der Waals surface area contributed by atoms with Gasteiger partial charge in [0.15, 0.2) is 0 Å². The Morgan fingerprint density at radius 2 is 2.28 bits per heavy atom. The van der Waals surface area contributed by atoms with Gasteiger partial charge in [0.25, 0.3) is 0 Å². The van der Waals surface area contributed by atoms with Gasteiger partial charge in [-0.3, -0.25) is 0 Å². The molecular weight excluding hydrogens is 230 g/mol. The van der Waals surface area contributed by atoms with Crippen molar-refractivity contribution in [3.63, 3.8) is 0 Å². The van der Waals surface area contributed by atoms with E-state index >= 15 is 0 Å². The van der Waals surface area contributed by atoms with Crippen LogP contribution in [0.2, 0.25) is 0 Å². The second kappa shape index (κ2) is 5.02. The Morgan fingerprint density at radius 3 is 2.89 bits per heavy atom. The Hall–Kier alpha value is -1.49. The van der Waals surface area contributed by atoms with E-state index in [0.717, 1.165) is 12.2 Å². The van der Waals surface area contributed by atoms with E-state index in [1.54, 1.807) is 4.90 Å². The SMILES string of the molecule is CC(C)(C)OC(=O)N1CCNC(c2ccc[nH]2)C1. The molecular formula is C13H21N3O2. The average Bonchev–Trinajstić information content (AvgIpc) is 2.80. The molecule has 1 aliphatic heterocycles. The van der Waals surface area contributed by atoms with Crippen LogP contribution in [0.4, 0.5) is 4.79 Å². The third kappa shape index (κ3) is 3.26. The molecule has 0 bridgehead atoms. The number of carbonyl (C=O) groups is 1. The van der Waals surface area contributed by atoms with Gasteiger partial charge in [-0.15, -0.1) is 0 Å². The van der Waals surface area contributed by atoms with Gasteiger partial charge >= 0.3 is 6.09 Å². The molecule has 2 N–H and O–H groups in total. The Kier molecular flexibility index (Phi) is 3.61. The summed E-state index contributed by atoms with van der Waals surface area (Å²) in [5.74, 6) is 0. The zero-order valence-electron chi connectivity index (χ0n) is 11.2. The molecule has 0 saturated carbocycles. The number of rotatable bonds is 1. The van der Waals surface area contributed by atoms with E-state index in [9.17, 15) is 4.79 Å². The molecule has 5 heteroatoms. The molecule has 1 fully saturated rings. The highest BCUT2D eigenvalue weighted by Gasteiger charge is 2.28. The van der Waals surface area contributed by atoms with Gasteiger partial charge < -0.3 is 19.9 Å². The molecule has 18 heavy (non-hydrogen) atoms. The van der Waals surface area contributed by atoms with E-state index in [2.05, 4.69) is 10.3 Å². The maximum absolute atomic E-state index is 12.0. The van der Waals surface area contributed by atoms with E-state index < -0.39 is 5.60 Å². The van der Waals surface area contributed by atoms with Crippen LogP contribution in [0.1, 0.15) is 32.5 Å². The van der Waals surface area contributed by atoms with Crippen LogP contribution >= 0.6 is 0 Å². The molecule has 100 valence electrons. The van der Waals surface area contributed by atoms with Gasteiger partial charge in [-0.1, -0.05) is 0 Å². The lowest BCUT2D eigenvalue weighted by Gasteiger charge is -2.34. The Balaban J connectivity index is 1.96. The van der Waals surface area contributed by atoms with Crippen LogP contribution in [-0.4, -0.2) is 41.2 Å². The number of aromatic amines is 1. The Morgan fingerprint density at radius 1 is 1.50 bits per heavy atom. The number of hydrogen-bond acceptors (Lipinski definition) is 3. The van der Waals surface area contributed by atoms with Crippen molar-refractivity contribution in [1.29, 1.82) is 0 Å². The van der Waals surface area contributed by atoms with Crippen LogP contribution in [0.5, 0.6) is 0 Å². The predicted octanol–water partition coefficient (Wildman–Crippen LogP) is 1.90. The Labute approximate surface area is 108 Å². The fourth-order valence-corrected chi connectivity index (χ4v) is 2.01. The zero-order chi connectivity index (χ0) is 13.2. The summed E-state index contributed by atoms with van der Waals surface area (Å²) in [6.07, 6.45) is 1.66. The summed E-state index contributed by atoms with van der Waals surface area (Å²) in [6.45, 7) is 7.76. The summed E-state index contributed by atoms with van der Waals surface area (Å²) in [5, 5.41) is 3.39. The monoisotopic (exact) mass is 251 g/mol. The van der Waals surface area contributed by atoms with Crippen molar-refractivity contribution < 1.29 is 9.53 Å². The molecule has 0 aliphatic carbocycles. The van der Waals surface area contributed by atoms with E-state index in [1.807, 2.05) is 39.1 Å². The number of H-pyrrole nitrogens is 1. The van der Waals surface area contributed by atoms with Crippen molar-refractivity contribution in [2.24, 2.45) is 0 Å². The highest BCUT2D eigenvalue weighted by atomic mass is 16.6. The van der Waals surface area contributed by atoms with Crippen LogP contribution < -0.4 is 5.32 Å². The molecule has 0 radical (unpaired) electrons. The standard InChI is InChI=1S/C13H21N3O2/c1-13(2,3)18-12(17)16-8-7-15-11(9-16)10-5-4-6-14-10/h4-6,11,14-15H,7-9H2,1-3H3. The Bertz CT molecular complexity index is 395. The lowest BCUT2D eigenvalue weighted by atomic mass is 10.1.